The van der Waals surface area contributed by atoms with E-state index in [2.05, 4.69) is 5.32 Å². The van der Waals surface area contributed by atoms with Gasteiger partial charge in [-0.3, -0.25) is 10.1 Å². The fraction of sp³-hybridized carbons (Fsp3) is 0.778. The van der Waals surface area contributed by atoms with Crippen LogP contribution in [0.2, 0.25) is 0 Å². The molecule has 3 amide bonds. The van der Waals surface area contributed by atoms with E-state index in [1.165, 1.54) is 0 Å². The third-order valence-electron chi connectivity index (χ3n) is 3.08. The van der Waals surface area contributed by atoms with E-state index in [0.29, 0.717) is 39.1 Å². The average Bonchev–Trinajstić information content (AvgIpc) is 2.45. The molecule has 1 spiro atoms. The van der Waals surface area contributed by atoms with Gasteiger partial charge in [0.2, 0.25) is 0 Å². The summed E-state index contributed by atoms with van der Waals surface area (Å²) in [6.45, 7) is 1.81. The second-order valence-electron chi connectivity index (χ2n) is 3.84. The monoisotopic (exact) mass is 213 g/mol. The molecule has 2 aliphatic rings. The summed E-state index contributed by atoms with van der Waals surface area (Å²) in [6.07, 6.45) is 1.12. The Kier molecular flexibility index (Phi) is 2.62. The maximum atomic E-state index is 11.8. The summed E-state index contributed by atoms with van der Waals surface area (Å²) in [5.41, 5.74) is 4.74. The second-order valence-corrected chi connectivity index (χ2v) is 3.84. The van der Waals surface area contributed by atoms with Gasteiger partial charge in [0.15, 0.2) is 0 Å². The first-order chi connectivity index (χ1) is 7.20. The van der Waals surface area contributed by atoms with Crippen molar-refractivity contribution < 1.29 is 14.3 Å². The van der Waals surface area contributed by atoms with Gasteiger partial charge < -0.3 is 15.4 Å². The minimum absolute atomic E-state index is 0.204. The molecule has 2 fully saturated rings. The van der Waals surface area contributed by atoms with Crippen molar-refractivity contribution in [2.24, 2.45) is 5.73 Å². The zero-order valence-electron chi connectivity index (χ0n) is 8.49. The first kappa shape index (κ1) is 10.4. The number of hydrogen-bond donors (Lipinski definition) is 2. The molecule has 0 unspecified atom stereocenters. The van der Waals surface area contributed by atoms with E-state index in [1.807, 2.05) is 0 Å². The molecule has 0 aromatic heterocycles. The lowest BCUT2D eigenvalue weighted by molar-refractivity contribution is -0.131. The van der Waals surface area contributed by atoms with Crippen LogP contribution in [-0.2, 0) is 9.53 Å². The van der Waals surface area contributed by atoms with E-state index < -0.39 is 5.54 Å². The Morgan fingerprint density at radius 1 is 1.40 bits per heavy atom. The minimum atomic E-state index is -0.700. The molecule has 3 N–H and O–H groups in total. The van der Waals surface area contributed by atoms with Gasteiger partial charge in [-0.05, 0) is 0 Å². The summed E-state index contributed by atoms with van der Waals surface area (Å²) < 4.78 is 5.22. The number of carbonyl (C=O) groups excluding carboxylic acids is 2. The van der Waals surface area contributed by atoms with Crippen molar-refractivity contribution in [1.82, 2.24) is 10.2 Å². The number of nitrogens with zero attached hydrogens (tertiary/aromatic N) is 1. The molecule has 6 nitrogen and oxygen atoms in total. The number of amides is 3. The van der Waals surface area contributed by atoms with Gasteiger partial charge in [0, 0.05) is 39.1 Å². The highest BCUT2D eigenvalue weighted by atomic mass is 16.5. The summed E-state index contributed by atoms with van der Waals surface area (Å²) in [4.78, 5) is 24.9. The molecule has 2 heterocycles. The molecule has 0 aliphatic carbocycles. The molecular formula is C9H15N3O3. The van der Waals surface area contributed by atoms with Crippen LogP contribution in [0.5, 0.6) is 0 Å². The summed E-state index contributed by atoms with van der Waals surface area (Å²) in [7, 11) is 0. The average molecular weight is 213 g/mol. The molecule has 15 heavy (non-hydrogen) atoms. The smallest absolute Gasteiger partial charge is 0.325 e. The van der Waals surface area contributed by atoms with Crippen molar-refractivity contribution in [3.05, 3.63) is 0 Å². The van der Waals surface area contributed by atoms with Gasteiger partial charge in [0.25, 0.3) is 5.91 Å². The maximum Gasteiger partial charge on any atom is 0.325 e. The first-order valence-corrected chi connectivity index (χ1v) is 5.11. The highest BCUT2D eigenvalue weighted by Crippen LogP contribution is 2.31. The molecule has 0 radical (unpaired) electrons. The van der Waals surface area contributed by atoms with Crippen LogP contribution in [0.1, 0.15) is 12.8 Å². The van der Waals surface area contributed by atoms with Gasteiger partial charge in [-0.1, -0.05) is 0 Å². The summed E-state index contributed by atoms with van der Waals surface area (Å²) in [5.74, 6) is -0.204. The normalized spacial score (nSPS) is 24.7. The fourth-order valence-electron chi connectivity index (χ4n) is 2.25. The predicted octanol–water partition coefficient (Wildman–Crippen LogP) is -0.954. The quantitative estimate of drug-likeness (QED) is 0.579. The van der Waals surface area contributed by atoms with Gasteiger partial charge in [-0.25, -0.2) is 4.79 Å². The largest absolute Gasteiger partial charge is 0.381 e. The van der Waals surface area contributed by atoms with Crippen LogP contribution in [0.25, 0.3) is 0 Å². The summed E-state index contributed by atoms with van der Waals surface area (Å²) >= 11 is 0. The van der Waals surface area contributed by atoms with Crippen LogP contribution in [0.3, 0.4) is 0 Å². The number of ether oxygens (including phenoxy) is 1. The van der Waals surface area contributed by atoms with E-state index in [-0.39, 0.29) is 11.9 Å². The van der Waals surface area contributed by atoms with E-state index >= 15 is 0 Å². The highest BCUT2D eigenvalue weighted by molar-refractivity contribution is 6.07. The van der Waals surface area contributed by atoms with Crippen LogP contribution >= 0.6 is 0 Å². The van der Waals surface area contributed by atoms with Crippen LogP contribution in [0.4, 0.5) is 4.79 Å². The van der Waals surface area contributed by atoms with Crippen molar-refractivity contribution in [2.75, 3.05) is 26.3 Å². The number of carbonyl (C=O) groups is 2. The summed E-state index contributed by atoms with van der Waals surface area (Å²) in [5, 5.41) is 2.35. The SMILES string of the molecule is NCCN1C(=O)NC(=O)C12CCOCC2. The Balaban J connectivity index is 2.24. The van der Waals surface area contributed by atoms with Crippen molar-refractivity contribution in [1.29, 1.82) is 0 Å². The molecule has 6 heteroatoms. The third kappa shape index (κ3) is 1.49. The zero-order valence-corrected chi connectivity index (χ0v) is 8.49. The highest BCUT2D eigenvalue weighted by Gasteiger charge is 2.52. The molecule has 0 aromatic carbocycles. The lowest BCUT2D eigenvalue weighted by atomic mass is 9.88. The van der Waals surface area contributed by atoms with Crippen LogP contribution < -0.4 is 11.1 Å². The number of nitrogens with one attached hydrogen (secondary N) is 1. The molecule has 0 saturated carbocycles. The Hall–Kier alpha value is -1.14. The van der Waals surface area contributed by atoms with Crippen LogP contribution in [-0.4, -0.2) is 48.7 Å². The number of imide groups is 1. The predicted molar refractivity (Wildman–Crippen MR) is 52.1 cm³/mol. The van der Waals surface area contributed by atoms with Crippen molar-refractivity contribution in [2.45, 2.75) is 18.4 Å². The number of nitrogens with two attached hydrogens (primary N) is 1. The molecule has 0 atom stereocenters. The van der Waals surface area contributed by atoms with Crippen molar-refractivity contribution in [3.63, 3.8) is 0 Å². The van der Waals surface area contributed by atoms with Gasteiger partial charge in [0.1, 0.15) is 5.54 Å². The lowest BCUT2D eigenvalue weighted by Crippen LogP contribution is -2.54. The van der Waals surface area contributed by atoms with E-state index in [4.69, 9.17) is 10.5 Å². The third-order valence-corrected chi connectivity index (χ3v) is 3.08. The molecule has 2 rings (SSSR count). The first-order valence-electron chi connectivity index (χ1n) is 5.11. The Labute approximate surface area is 87.7 Å². The van der Waals surface area contributed by atoms with E-state index in [9.17, 15) is 9.59 Å². The number of rotatable bonds is 2. The zero-order chi connectivity index (χ0) is 10.9. The maximum absolute atomic E-state index is 11.8. The van der Waals surface area contributed by atoms with Gasteiger partial charge in [-0.2, -0.15) is 0 Å². The van der Waals surface area contributed by atoms with Crippen molar-refractivity contribution >= 4 is 11.9 Å². The van der Waals surface area contributed by atoms with Gasteiger partial charge >= 0.3 is 6.03 Å². The fourth-order valence-corrected chi connectivity index (χ4v) is 2.25. The second kappa shape index (κ2) is 3.79. The number of hydrogen-bond acceptors (Lipinski definition) is 4. The molecule has 0 bridgehead atoms. The molecule has 84 valence electrons. The van der Waals surface area contributed by atoms with E-state index in [1.54, 1.807) is 4.90 Å². The Bertz CT molecular complexity index is 286. The standard InChI is InChI=1S/C9H15N3O3/c10-3-4-12-8(14)11-7(13)9(12)1-5-15-6-2-9/h1-6,10H2,(H,11,13,14). The molecular weight excluding hydrogens is 198 g/mol. The van der Waals surface area contributed by atoms with Gasteiger partial charge in [0.05, 0.1) is 0 Å². The Morgan fingerprint density at radius 2 is 2.07 bits per heavy atom. The van der Waals surface area contributed by atoms with Crippen molar-refractivity contribution in [3.8, 4) is 0 Å². The van der Waals surface area contributed by atoms with Gasteiger partial charge in [-0.15, -0.1) is 0 Å². The van der Waals surface area contributed by atoms with Crippen LogP contribution in [0.15, 0.2) is 0 Å². The summed E-state index contributed by atoms with van der Waals surface area (Å²) in [6, 6.07) is -0.327. The minimum Gasteiger partial charge on any atom is -0.381 e. The molecule has 2 saturated heterocycles. The number of urea groups is 1. The topological polar surface area (TPSA) is 84.7 Å². The Morgan fingerprint density at radius 3 is 2.67 bits per heavy atom. The molecule has 2 aliphatic heterocycles. The van der Waals surface area contributed by atoms with Crippen LogP contribution in [0, 0.1) is 0 Å². The van der Waals surface area contributed by atoms with E-state index in [0.717, 1.165) is 0 Å². The lowest BCUT2D eigenvalue weighted by Gasteiger charge is -2.37. The molecule has 0 aromatic rings.